The molecule has 5 heteroatoms. The van der Waals surface area contributed by atoms with Gasteiger partial charge in [0, 0.05) is 12.2 Å². The summed E-state index contributed by atoms with van der Waals surface area (Å²) >= 11 is 0. The molecule has 2 aromatic carbocycles. The highest BCUT2D eigenvalue weighted by Gasteiger charge is 2.17. The van der Waals surface area contributed by atoms with E-state index < -0.39 is 0 Å². The molecule has 130 valence electrons. The van der Waals surface area contributed by atoms with Gasteiger partial charge in [-0.05, 0) is 49.2 Å². The molecular formula is C20H22N2O3. The first-order valence-electron chi connectivity index (χ1n) is 8.07. The van der Waals surface area contributed by atoms with Crippen molar-refractivity contribution in [3.05, 3.63) is 53.6 Å². The van der Waals surface area contributed by atoms with Gasteiger partial charge in [-0.15, -0.1) is 0 Å². The van der Waals surface area contributed by atoms with Crippen LogP contribution in [0.3, 0.4) is 0 Å². The fourth-order valence-corrected chi connectivity index (χ4v) is 2.41. The number of aryl methyl sites for hydroxylation is 2. The Morgan fingerprint density at radius 1 is 1.12 bits per heavy atom. The average Bonchev–Trinajstić information content (AvgIpc) is 2.63. The quantitative estimate of drug-likeness (QED) is 0.773. The van der Waals surface area contributed by atoms with Crippen LogP contribution < -0.4 is 14.4 Å². The first-order valence-corrected chi connectivity index (χ1v) is 8.07. The van der Waals surface area contributed by atoms with Crippen LogP contribution >= 0.6 is 0 Å². The Morgan fingerprint density at radius 3 is 2.48 bits per heavy atom. The minimum Gasteiger partial charge on any atom is -0.493 e. The van der Waals surface area contributed by atoms with Crippen molar-refractivity contribution in [1.29, 1.82) is 5.26 Å². The lowest BCUT2D eigenvalue weighted by Crippen LogP contribution is -2.35. The second kappa shape index (κ2) is 8.74. The third-order valence-corrected chi connectivity index (χ3v) is 3.97. The largest absolute Gasteiger partial charge is 0.493 e. The predicted octanol–water partition coefficient (Wildman–Crippen LogP) is 3.64. The zero-order valence-electron chi connectivity index (χ0n) is 14.8. The minimum atomic E-state index is -0.204. The van der Waals surface area contributed by atoms with Crippen LogP contribution in [-0.4, -0.2) is 26.2 Å². The van der Waals surface area contributed by atoms with E-state index in [0.717, 1.165) is 16.8 Å². The summed E-state index contributed by atoms with van der Waals surface area (Å²) in [6, 6.07) is 15.1. The maximum Gasteiger partial charge on any atom is 0.264 e. The van der Waals surface area contributed by atoms with Gasteiger partial charge in [0.2, 0.25) is 0 Å². The minimum absolute atomic E-state index is 0.126. The number of amides is 1. The lowest BCUT2D eigenvalue weighted by Gasteiger charge is -2.23. The standard InChI is InChI=1S/C20H22N2O3/c1-15-9-10-17(13-16(15)2)22(12-6-11-21)20(23)14-25-19-8-5-4-7-18(19)24-3/h4-5,7-10,13H,6,12,14H2,1-3H3. The van der Waals surface area contributed by atoms with Gasteiger partial charge >= 0.3 is 0 Å². The molecule has 0 aliphatic rings. The summed E-state index contributed by atoms with van der Waals surface area (Å²) in [6.07, 6.45) is 0.257. The molecule has 0 unspecified atom stereocenters. The number of ether oxygens (including phenoxy) is 2. The van der Waals surface area contributed by atoms with E-state index in [2.05, 4.69) is 6.07 Å². The zero-order chi connectivity index (χ0) is 18.2. The maximum atomic E-state index is 12.7. The molecule has 2 aromatic rings. The smallest absolute Gasteiger partial charge is 0.264 e. The molecule has 0 saturated carbocycles. The fourth-order valence-electron chi connectivity index (χ4n) is 2.41. The second-order valence-corrected chi connectivity index (χ2v) is 5.66. The number of methoxy groups -OCH3 is 1. The molecule has 0 N–H and O–H groups in total. The fraction of sp³-hybridized carbons (Fsp3) is 0.300. The normalized spacial score (nSPS) is 10.0. The van der Waals surface area contributed by atoms with Crippen molar-refractivity contribution in [2.24, 2.45) is 0 Å². The first-order chi connectivity index (χ1) is 12.1. The van der Waals surface area contributed by atoms with Gasteiger partial charge in [0.05, 0.1) is 19.6 Å². The van der Waals surface area contributed by atoms with Crippen LogP contribution in [0.15, 0.2) is 42.5 Å². The summed E-state index contributed by atoms with van der Waals surface area (Å²) in [5.74, 6) is 0.883. The molecule has 0 saturated heterocycles. The van der Waals surface area contributed by atoms with Gasteiger partial charge in [0.1, 0.15) is 0 Å². The summed E-state index contributed by atoms with van der Waals surface area (Å²) < 4.78 is 10.9. The highest BCUT2D eigenvalue weighted by Crippen LogP contribution is 2.26. The van der Waals surface area contributed by atoms with E-state index in [1.807, 2.05) is 44.2 Å². The van der Waals surface area contributed by atoms with E-state index in [9.17, 15) is 4.79 Å². The van der Waals surface area contributed by atoms with Crippen LogP contribution in [0.1, 0.15) is 17.5 Å². The van der Waals surface area contributed by atoms with Crippen LogP contribution in [0.25, 0.3) is 0 Å². The van der Waals surface area contributed by atoms with Crippen molar-refractivity contribution in [3.63, 3.8) is 0 Å². The van der Waals surface area contributed by atoms with Crippen LogP contribution in [0.5, 0.6) is 11.5 Å². The number of anilines is 1. The summed E-state index contributed by atoms with van der Waals surface area (Å²) in [5.41, 5.74) is 3.02. The number of hydrogen-bond acceptors (Lipinski definition) is 4. The van der Waals surface area contributed by atoms with Gasteiger partial charge in [-0.25, -0.2) is 0 Å². The summed E-state index contributed by atoms with van der Waals surface area (Å²) in [7, 11) is 1.55. The molecule has 25 heavy (non-hydrogen) atoms. The maximum absolute atomic E-state index is 12.7. The van der Waals surface area contributed by atoms with Gasteiger partial charge in [-0.2, -0.15) is 5.26 Å². The topological polar surface area (TPSA) is 62.6 Å². The number of carbonyl (C=O) groups is 1. The number of rotatable bonds is 7. The summed E-state index contributed by atoms with van der Waals surface area (Å²) in [5, 5.41) is 8.88. The molecule has 0 radical (unpaired) electrons. The Morgan fingerprint density at radius 2 is 1.84 bits per heavy atom. The molecule has 5 nitrogen and oxygen atoms in total. The van der Waals surface area contributed by atoms with Crippen molar-refractivity contribution in [1.82, 2.24) is 0 Å². The number of nitriles is 1. The number of para-hydroxylation sites is 2. The van der Waals surface area contributed by atoms with E-state index in [1.54, 1.807) is 24.1 Å². The number of nitrogens with zero attached hydrogens (tertiary/aromatic N) is 2. The van der Waals surface area contributed by atoms with Gasteiger partial charge in [-0.3, -0.25) is 4.79 Å². The van der Waals surface area contributed by atoms with Gasteiger partial charge in [-0.1, -0.05) is 18.2 Å². The van der Waals surface area contributed by atoms with Gasteiger partial charge in [0.15, 0.2) is 18.1 Å². The van der Waals surface area contributed by atoms with Crippen LogP contribution in [0, 0.1) is 25.2 Å². The molecule has 0 aliphatic carbocycles. The van der Waals surface area contributed by atoms with Gasteiger partial charge < -0.3 is 14.4 Å². The van der Waals surface area contributed by atoms with Crippen molar-refractivity contribution in [3.8, 4) is 17.6 Å². The van der Waals surface area contributed by atoms with Crippen LogP contribution in [0.2, 0.25) is 0 Å². The molecule has 0 aromatic heterocycles. The zero-order valence-corrected chi connectivity index (χ0v) is 14.8. The Balaban J connectivity index is 2.15. The monoisotopic (exact) mass is 338 g/mol. The third kappa shape index (κ3) is 4.74. The Kier molecular flexibility index (Phi) is 6.41. The van der Waals surface area contributed by atoms with E-state index in [-0.39, 0.29) is 18.9 Å². The number of carbonyl (C=O) groups excluding carboxylic acids is 1. The number of benzene rings is 2. The molecular weight excluding hydrogens is 316 g/mol. The van der Waals surface area contributed by atoms with E-state index in [4.69, 9.17) is 14.7 Å². The van der Waals surface area contributed by atoms with Gasteiger partial charge in [0.25, 0.3) is 5.91 Å². The Bertz CT molecular complexity index is 781. The first kappa shape index (κ1) is 18.3. The lowest BCUT2D eigenvalue weighted by molar-refractivity contribution is -0.120. The molecule has 0 atom stereocenters. The summed E-state index contributed by atoms with van der Waals surface area (Å²) in [4.78, 5) is 14.3. The molecule has 0 aliphatic heterocycles. The average molecular weight is 338 g/mol. The van der Waals surface area contributed by atoms with Crippen LogP contribution in [-0.2, 0) is 4.79 Å². The third-order valence-electron chi connectivity index (χ3n) is 3.97. The lowest BCUT2D eigenvalue weighted by atomic mass is 10.1. The SMILES string of the molecule is COc1ccccc1OCC(=O)N(CCC#N)c1ccc(C)c(C)c1. The molecule has 0 fully saturated rings. The van der Waals surface area contributed by atoms with Crippen molar-refractivity contribution in [2.75, 3.05) is 25.2 Å². The highest BCUT2D eigenvalue weighted by atomic mass is 16.5. The van der Waals surface area contributed by atoms with E-state index >= 15 is 0 Å². The van der Waals surface area contributed by atoms with Crippen LogP contribution in [0.4, 0.5) is 5.69 Å². The Hall–Kier alpha value is -3.00. The highest BCUT2D eigenvalue weighted by molar-refractivity contribution is 5.94. The second-order valence-electron chi connectivity index (χ2n) is 5.66. The predicted molar refractivity (Wildman–Crippen MR) is 97.0 cm³/mol. The van der Waals surface area contributed by atoms with Crippen molar-refractivity contribution >= 4 is 11.6 Å². The Labute approximate surface area is 148 Å². The molecule has 0 bridgehead atoms. The van der Waals surface area contributed by atoms with Crippen molar-refractivity contribution in [2.45, 2.75) is 20.3 Å². The van der Waals surface area contributed by atoms with E-state index in [1.165, 1.54) is 0 Å². The molecule has 1 amide bonds. The van der Waals surface area contributed by atoms with E-state index in [0.29, 0.717) is 18.0 Å². The summed E-state index contributed by atoms with van der Waals surface area (Å²) in [6.45, 7) is 4.22. The molecule has 0 heterocycles. The molecule has 0 spiro atoms. The van der Waals surface area contributed by atoms with Crippen molar-refractivity contribution < 1.29 is 14.3 Å². The number of hydrogen-bond donors (Lipinski definition) is 0. The molecule has 2 rings (SSSR count).